The molecule has 8 heteroatoms. The highest BCUT2D eigenvalue weighted by Gasteiger charge is 2.35. The zero-order valence-electron chi connectivity index (χ0n) is 16.6. The zero-order valence-corrected chi connectivity index (χ0v) is 17.5. The fourth-order valence-electron chi connectivity index (χ4n) is 4.25. The molecule has 1 fully saturated rings. The third kappa shape index (κ3) is 3.32. The van der Waals surface area contributed by atoms with E-state index in [-0.39, 0.29) is 12.0 Å². The maximum atomic E-state index is 13.4. The minimum Gasteiger partial charge on any atom is -0.278 e. The summed E-state index contributed by atoms with van der Waals surface area (Å²) in [7, 11) is 0. The van der Waals surface area contributed by atoms with Crippen molar-refractivity contribution in [3.63, 3.8) is 0 Å². The van der Waals surface area contributed by atoms with Gasteiger partial charge in [-0.2, -0.15) is 0 Å². The van der Waals surface area contributed by atoms with Crippen molar-refractivity contribution >= 4 is 11.8 Å². The van der Waals surface area contributed by atoms with Crippen molar-refractivity contribution in [1.82, 2.24) is 29.6 Å². The monoisotopic (exact) mass is 430 g/mol. The van der Waals surface area contributed by atoms with Gasteiger partial charge in [0.2, 0.25) is 0 Å². The van der Waals surface area contributed by atoms with Crippen molar-refractivity contribution in [3.05, 3.63) is 72.4 Å². The molecule has 0 saturated carbocycles. The van der Waals surface area contributed by atoms with E-state index in [1.165, 1.54) is 36.7 Å². The molecule has 31 heavy (non-hydrogen) atoms. The van der Waals surface area contributed by atoms with Gasteiger partial charge in [0.05, 0.1) is 0 Å². The van der Waals surface area contributed by atoms with Crippen LogP contribution in [0.15, 0.2) is 71.2 Å². The second kappa shape index (κ2) is 7.55. The van der Waals surface area contributed by atoms with Crippen molar-refractivity contribution in [1.29, 1.82) is 0 Å². The number of nitrogens with zero attached hydrogens (tertiary/aromatic N) is 6. The summed E-state index contributed by atoms with van der Waals surface area (Å²) < 4.78 is 15.4. The topological polar surface area (TPSA) is 59.7 Å². The molecule has 2 aliphatic heterocycles. The number of aromatic nitrogens is 5. The van der Waals surface area contributed by atoms with Gasteiger partial charge in [0.25, 0.3) is 0 Å². The van der Waals surface area contributed by atoms with Gasteiger partial charge in [0, 0.05) is 48.4 Å². The van der Waals surface area contributed by atoms with Crippen molar-refractivity contribution < 1.29 is 4.39 Å². The number of likely N-dealkylation sites (tertiary alicyclic amines) is 1. The molecule has 0 unspecified atom stereocenters. The van der Waals surface area contributed by atoms with E-state index in [4.69, 9.17) is 15.1 Å². The minimum atomic E-state index is -0.240. The summed E-state index contributed by atoms with van der Waals surface area (Å²) >= 11 is 1.54. The van der Waals surface area contributed by atoms with Gasteiger partial charge < -0.3 is 0 Å². The number of fused-ring (bicyclic) bond motifs is 2. The number of hydrogen-bond donors (Lipinski definition) is 0. The average Bonchev–Trinajstić information content (AvgIpc) is 3.48. The lowest BCUT2D eigenvalue weighted by Gasteiger charge is -2.32. The van der Waals surface area contributed by atoms with Gasteiger partial charge in [-0.25, -0.2) is 19.0 Å². The quantitative estimate of drug-likeness (QED) is 0.472. The maximum absolute atomic E-state index is 13.4. The van der Waals surface area contributed by atoms with Crippen LogP contribution >= 0.6 is 11.8 Å². The molecular formula is C23H19FN6S. The predicted octanol–water partition coefficient (Wildman–Crippen LogP) is 4.65. The first-order chi connectivity index (χ1) is 15.3. The molecule has 6 rings (SSSR count). The molecule has 0 bridgehead atoms. The molecule has 1 aromatic carbocycles. The van der Waals surface area contributed by atoms with Gasteiger partial charge in [-0.3, -0.25) is 9.88 Å². The van der Waals surface area contributed by atoms with Crippen LogP contribution in [0.2, 0.25) is 0 Å². The number of halogens is 1. The summed E-state index contributed by atoms with van der Waals surface area (Å²) in [6, 6.07) is 12.6. The van der Waals surface area contributed by atoms with Crippen LogP contribution in [0.5, 0.6) is 0 Å². The Morgan fingerprint density at radius 2 is 1.81 bits per heavy atom. The van der Waals surface area contributed by atoms with E-state index < -0.39 is 0 Å². The summed E-state index contributed by atoms with van der Waals surface area (Å²) in [5.41, 5.74) is 3.93. The van der Waals surface area contributed by atoms with Crippen LogP contribution < -0.4 is 0 Å². The number of hydrogen-bond acceptors (Lipinski definition) is 6. The van der Waals surface area contributed by atoms with Crippen LogP contribution in [0.25, 0.3) is 22.5 Å². The van der Waals surface area contributed by atoms with E-state index >= 15 is 0 Å². The van der Waals surface area contributed by atoms with E-state index in [0.29, 0.717) is 5.82 Å². The van der Waals surface area contributed by atoms with Crippen LogP contribution in [0.4, 0.5) is 4.39 Å². The normalized spacial score (nSPS) is 18.0. The van der Waals surface area contributed by atoms with Crippen LogP contribution in [0.1, 0.15) is 24.6 Å². The lowest BCUT2D eigenvalue weighted by atomic mass is 10.0. The van der Waals surface area contributed by atoms with E-state index in [2.05, 4.69) is 16.0 Å². The summed E-state index contributed by atoms with van der Waals surface area (Å²) in [5.74, 6) is 0.432. The molecule has 1 atom stereocenters. The van der Waals surface area contributed by atoms with Crippen LogP contribution in [-0.2, 0) is 0 Å². The first-order valence-corrected chi connectivity index (χ1v) is 11.1. The molecule has 5 heterocycles. The standard InChI is InChI=1S/C23H19FN6S/c24-18-7-5-15(6-8-18)17-12-19-21(26-14-17)31-23-27-20(16-4-3-9-25-13-16)28-30(23)22(19)29-10-1-2-11-29/h3-9,12-14,22H,1-2,10-11H2/t22-/m0/s1. The summed E-state index contributed by atoms with van der Waals surface area (Å²) in [5, 5.41) is 6.67. The lowest BCUT2D eigenvalue weighted by molar-refractivity contribution is 0.182. The van der Waals surface area contributed by atoms with Gasteiger partial charge in [-0.05, 0) is 60.5 Å². The van der Waals surface area contributed by atoms with Crippen LogP contribution in [0.3, 0.4) is 0 Å². The van der Waals surface area contributed by atoms with Gasteiger partial charge in [-0.15, -0.1) is 5.10 Å². The first-order valence-electron chi connectivity index (χ1n) is 10.3. The summed E-state index contributed by atoms with van der Waals surface area (Å²) in [6.45, 7) is 2.02. The number of pyridine rings is 2. The highest BCUT2D eigenvalue weighted by molar-refractivity contribution is 7.99. The smallest absolute Gasteiger partial charge is 0.194 e. The SMILES string of the molecule is Fc1ccc(-c2cnc3c(c2)[C@@H](N2CCCC2)n2nc(-c4cccnc4)nc2S3)cc1. The molecule has 0 N–H and O–H groups in total. The highest BCUT2D eigenvalue weighted by Crippen LogP contribution is 2.43. The Bertz CT molecular complexity index is 1230. The Kier molecular flexibility index (Phi) is 4.54. The van der Waals surface area contributed by atoms with Crippen LogP contribution in [-0.4, -0.2) is 42.7 Å². The molecule has 154 valence electrons. The third-order valence-electron chi connectivity index (χ3n) is 5.76. The molecule has 0 amide bonds. The average molecular weight is 431 g/mol. The molecule has 0 spiro atoms. The summed E-state index contributed by atoms with van der Waals surface area (Å²) in [6.07, 6.45) is 7.67. The maximum Gasteiger partial charge on any atom is 0.194 e. The Hall–Kier alpha value is -3.10. The number of benzene rings is 1. The van der Waals surface area contributed by atoms with Crippen molar-refractivity contribution in [3.8, 4) is 22.5 Å². The van der Waals surface area contributed by atoms with Gasteiger partial charge in [-0.1, -0.05) is 12.1 Å². The van der Waals surface area contributed by atoms with Gasteiger partial charge in [0.1, 0.15) is 17.0 Å². The molecule has 0 radical (unpaired) electrons. The van der Waals surface area contributed by atoms with Crippen molar-refractivity contribution in [2.24, 2.45) is 0 Å². The molecule has 1 saturated heterocycles. The molecule has 3 aromatic heterocycles. The van der Waals surface area contributed by atoms with E-state index in [1.807, 2.05) is 23.0 Å². The predicted molar refractivity (Wildman–Crippen MR) is 116 cm³/mol. The van der Waals surface area contributed by atoms with Crippen molar-refractivity contribution in [2.75, 3.05) is 13.1 Å². The fourth-order valence-corrected chi connectivity index (χ4v) is 5.18. The molecule has 6 nitrogen and oxygen atoms in total. The third-order valence-corrected chi connectivity index (χ3v) is 6.76. The fraction of sp³-hybridized carbons (Fsp3) is 0.217. The molecule has 4 aromatic rings. The van der Waals surface area contributed by atoms with Crippen LogP contribution in [0, 0.1) is 5.82 Å². The van der Waals surface area contributed by atoms with E-state index in [9.17, 15) is 4.39 Å². The minimum absolute atomic E-state index is 0.0560. The molecule has 2 aliphatic rings. The number of rotatable bonds is 3. The first kappa shape index (κ1) is 18.7. The second-order valence-electron chi connectivity index (χ2n) is 7.75. The van der Waals surface area contributed by atoms with E-state index in [1.54, 1.807) is 24.5 Å². The Morgan fingerprint density at radius 1 is 0.968 bits per heavy atom. The van der Waals surface area contributed by atoms with Gasteiger partial charge in [0.15, 0.2) is 11.0 Å². The van der Waals surface area contributed by atoms with Crippen molar-refractivity contribution in [2.45, 2.75) is 29.2 Å². The highest BCUT2D eigenvalue weighted by atomic mass is 32.2. The van der Waals surface area contributed by atoms with Gasteiger partial charge >= 0.3 is 0 Å². The Labute approximate surface area is 183 Å². The van der Waals surface area contributed by atoms with E-state index in [0.717, 1.165) is 45.5 Å². The Balaban J connectivity index is 1.47. The largest absolute Gasteiger partial charge is 0.278 e. The molecule has 0 aliphatic carbocycles. The summed E-state index contributed by atoms with van der Waals surface area (Å²) in [4.78, 5) is 16.2. The molecular weight excluding hydrogens is 411 g/mol. The Morgan fingerprint density at radius 3 is 2.58 bits per heavy atom. The zero-order chi connectivity index (χ0) is 20.8. The second-order valence-corrected chi connectivity index (χ2v) is 8.70. The lowest BCUT2D eigenvalue weighted by Crippen LogP contribution is -2.34.